The number of nitrogens with zero attached hydrogens (tertiary/aromatic N) is 1. The Labute approximate surface area is 78.8 Å². The van der Waals surface area contributed by atoms with Crippen molar-refractivity contribution in [3.8, 4) is 5.88 Å². The largest absolute Gasteiger partial charge is 0.478 e. The molecule has 0 aromatic carbocycles. The molecule has 0 atom stereocenters. The van der Waals surface area contributed by atoms with Gasteiger partial charge in [0.2, 0.25) is 0 Å². The van der Waals surface area contributed by atoms with Crippen LogP contribution in [-0.4, -0.2) is 34.4 Å². The first-order chi connectivity index (χ1) is 6.66. The van der Waals surface area contributed by atoms with Crippen molar-refractivity contribution in [2.75, 3.05) is 13.2 Å². The third-order valence-electron chi connectivity index (χ3n) is 1.42. The summed E-state index contributed by atoms with van der Waals surface area (Å²) in [5, 5.41) is 16.9. The smallest absolute Gasteiger partial charge is 0.338 e. The fourth-order valence-corrected chi connectivity index (χ4v) is 0.833. The number of aromatic nitrogens is 1. The fourth-order valence-electron chi connectivity index (χ4n) is 0.833. The number of carbonyl (C=O) groups is 1. The topological polar surface area (TPSA) is 79.7 Å². The van der Waals surface area contributed by atoms with Crippen LogP contribution in [0.1, 0.15) is 10.4 Å². The number of hydrogen-bond acceptors (Lipinski definition) is 4. The van der Waals surface area contributed by atoms with E-state index >= 15 is 0 Å². The van der Waals surface area contributed by atoms with Gasteiger partial charge in [-0.3, -0.25) is 0 Å². The first kappa shape index (κ1) is 10.4. The molecule has 5 nitrogen and oxygen atoms in total. The highest BCUT2D eigenvalue weighted by Gasteiger charge is 2.15. The van der Waals surface area contributed by atoms with Gasteiger partial charge in [0.1, 0.15) is 12.2 Å². The van der Waals surface area contributed by atoms with Crippen molar-refractivity contribution in [3.05, 3.63) is 23.6 Å². The first-order valence-corrected chi connectivity index (χ1v) is 3.78. The third kappa shape index (κ3) is 2.17. The molecular formula is C8H8FNO4. The second-order valence-corrected chi connectivity index (χ2v) is 2.35. The molecule has 1 rings (SSSR count). The maximum atomic E-state index is 13.2. The lowest BCUT2D eigenvalue weighted by atomic mass is 10.2. The molecule has 14 heavy (non-hydrogen) atoms. The van der Waals surface area contributed by atoms with Gasteiger partial charge in [-0.05, 0) is 6.07 Å². The van der Waals surface area contributed by atoms with E-state index in [4.69, 9.17) is 10.2 Å². The van der Waals surface area contributed by atoms with Gasteiger partial charge in [0, 0.05) is 6.20 Å². The number of ether oxygens (including phenoxy) is 1. The number of aliphatic hydroxyl groups is 1. The zero-order valence-electron chi connectivity index (χ0n) is 7.11. The van der Waals surface area contributed by atoms with Crippen LogP contribution >= 0.6 is 0 Å². The Morgan fingerprint density at radius 2 is 2.36 bits per heavy atom. The Hall–Kier alpha value is -1.69. The molecule has 0 fully saturated rings. The Morgan fingerprint density at radius 1 is 1.64 bits per heavy atom. The van der Waals surface area contributed by atoms with Gasteiger partial charge in [-0.2, -0.15) is 0 Å². The van der Waals surface area contributed by atoms with Gasteiger partial charge in [0.15, 0.2) is 5.82 Å². The maximum absolute atomic E-state index is 13.2. The van der Waals surface area contributed by atoms with E-state index in [0.717, 1.165) is 12.3 Å². The normalized spacial score (nSPS) is 9.86. The highest BCUT2D eigenvalue weighted by molar-refractivity contribution is 5.88. The molecule has 1 aromatic heterocycles. The number of pyridine rings is 1. The van der Waals surface area contributed by atoms with Crippen molar-refractivity contribution < 1.29 is 24.1 Å². The molecular weight excluding hydrogens is 193 g/mol. The molecule has 0 aliphatic heterocycles. The standard InChI is InChI=1S/C8H8FNO4/c9-6-5(8(12)13)1-2-10-7(6)14-4-3-11/h1-2,11H,3-4H2,(H,12,13). The van der Waals surface area contributed by atoms with Crippen molar-refractivity contribution >= 4 is 5.97 Å². The van der Waals surface area contributed by atoms with E-state index < -0.39 is 23.2 Å². The number of hydrogen-bond donors (Lipinski definition) is 2. The lowest BCUT2D eigenvalue weighted by molar-refractivity contribution is 0.0690. The zero-order valence-corrected chi connectivity index (χ0v) is 7.11. The molecule has 0 spiro atoms. The van der Waals surface area contributed by atoms with Crippen LogP contribution in [0.25, 0.3) is 0 Å². The Kier molecular flexibility index (Phi) is 3.35. The Bertz CT molecular complexity index is 342. The van der Waals surface area contributed by atoms with Crippen LogP contribution in [0.4, 0.5) is 4.39 Å². The van der Waals surface area contributed by atoms with Crippen LogP contribution < -0.4 is 4.74 Å². The molecule has 0 amide bonds. The van der Waals surface area contributed by atoms with Crippen molar-refractivity contribution in [1.82, 2.24) is 4.98 Å². The van der Waals surface area contributed by atoms with Gasteiger partial charge in [-0.15, -0.1) is 0 Å². The minimum absolute atomic E-state index is 0.132. The highest BCUT2D eigenvalue weighted by atomic mass is 19.1. The summed E-state index contributed by atoms with van der Waals surface area (Å²) in [6, 6.07) is 1.03. The number of rotatable bonds is 4. The quantitative estimate of drug-likeness (QED) is 0.731. The SMILES string of the molecule is O=C(O)c1ccnc(OCCO)c1F. The van der Waals surface area contributed by atoms with E-state index in [1.165, 1.54) is 0 Å². The molecule has 0 aliphatic carbocycles. The zero-order chi connectivity index (χ0) is 10.6. The molecule has 1 heterocycles. The van der Waals surface area contributed by atoms with Gasteiger partial charge < -0.3 is 14.9 Å². The molecule has 0 aliphatic rings. The summed E-state index contributed by atoms with van der Waals surface area (Å²) in [6.07, 6.45) is 1.12. The number of carboxylic acids is 1. The molecule has 2 N–H and O–H groups in total. The third-order valence-corrected chi connectivity index (χ3v) is 1.42. The molecule has 0 radical (unpaired) electrons. The van der Waals surface area contributed by atoms with E-state index in [-0.39, 0.29) is 13.2 Å². The van der Waals surface area contributed by atoms with Crippen LogP contribution in [-0.2, 0) is 0 Å². The van der Waals surface area contributed by atoms with Crippen molar-refractivity contribution in [2.24, 2.45) is 0 Å². The van der Waals surface area contributed by atoms with Crippen molar-refractivity contribution in [1.29, 1.82) is 0 Å². The van der Waals surface area contributed by atoms with Gasteiger partial charge in [0.25, 0.3) is 5.88 Å². The van der Waals surface area contributed by atoms with Crippen molar-refractivity contribution in [2.45, 2.75) is 0 Å². The van der Waals surface area contributed by atoms with Crippen molar-refractivity contribution in [3.63, 3.8) is 0 Å². The summed E-state index contributed by atoms with van der Waals surface area (Å²) < 4.78 is 17.9. The van der Waals surface area contributed by atoms with Crippen LogP contribution in [0.3, 0.4) is 0 Å². The summed E-state index contributed by atoms with van der Waals surface area (Å²) in [5.41, 5.74) is -0.507. The second kappa shape index (κ2) is 4.52. The van der Waals surface area contributed by atoms with Crippen LogP contribution in [0.15, 0.2) is 12.3 Å². The molecule has 1 aromatic rings. The fraction of sp³-hybridized carbons (Fsp3) is 0.250. The Balaban J connectivity index is 2.95. The number of aliphatic hydroxyl groups excluding tert-OH is 1. The number of carboxylic acid groups (broad SMARTS) is 1. The highest BCUT2D eigenvalue weighted by Crippen LogP contribution is 2.16. The van der Waals surface area contributed by atoms with Crippen LogP contribution in [0.2, 0.25) is 0 Å². The number of halogens is 1. The van der Waals surface area contributed by atoms with E-state index in [2.05, 4.69) is 9.72 Å². The molecule has 6 heteroatoms. The molecule has 0 bridgehead atoms. The molecule has 76 valence electrons. The van der Waals surface area contributed by atoms with Crippen LogP contribution in [0, 0.1) is 5.82 Å². The summed E-state index contributed by atoms with van der Waals surface area (Å²) >= 11 is 0. The monoisotopic (exact) mass is 201 g/mol. The van der Waals surface area contributed by atoms with E-state index in [0.29, 0.717) is 0 Å². The van der Waals surface area contributed by atoms with Gasteiger partial charge in [-0.25, -0.2) is 14.2 Å². The molecule has 0 saturated carbocycles. The first-order valence-electron chi connectivity index (χ1n) is 3.78. The average Bonchev–Trinajstić information content (AvgIpc) is 2.16. The van der Waals surface area contributed by atoms with Crippen LogP contribution in [0.5, 0.6) is 5.88 Å². The van der Waals surface area contributed by atoms with Gasteiger partial charge in [-0.1, -0.05) is 0 Å². The van der Waals surface area contributed by atoms with E-state index in [9.17, 15) is 9.18 Å². The van der Waals surface area contributed by atoms with Gasteiger partial charge in [0.05, 0.1) is 6.61 Å². The van der Waals surface area contributed by atoms with Gasteiger partial charge >= 0.3 is 5.97 Å². The summed E-state index contributed by atoms with van der Waals surface area (Å²) in [5.74, 6) is -2.84. The summed E-state index contributed by atoms with van der Waals surface area (Å²) in [4.78, 5) is 14.0. The maximum Gasteiger partial charge on any atom is 0.338 e. The second-order valence-electron chi connectivity index (χ2n) is 2.35. The predicted molar refractivity (Wildman–Crippen MR) is 43.7 cm³/mol. The average molecular weight is 201 g/mol. The lowest BCUT2D eigenvalue weighted by Crippen LogP contribution is -2.08. The summed E-state index contributed by atoms with van der Waals surface area (Å²) in [7, 11) is 0. The minimum atomic E-state index is -1.39. The number of aromatic carboxylic acids is 1. The lowest BCUT2D eigenvalue weighted by Gasteiger charge is -2.05. The summed E-state index contributed by atoms with van der Waals surface area (Å²) in [6.45, 7) is -0.425. The molecule has 0 saturated heterocycles. The molecule has 0 unspecified atom stereocenters. The minimum Gasteiger partial charge on any atom is -0.478 e. The van der Waals surface area contributed by atoms with E-state index in [1.807, 2.05) is 0 Å². The predicted octanol–water partition coefficient (Wildman–Crippen LogP) is 0.290. The Morgan fingerprint density at radius 3 is 2.93 bits per heavy atom. The van der Waals surface area contributed by atoms with E-state index in [1.54, 1.807) is 0 Å².